The first-order valence-electron chi connectivity index (χ1n) is 14.2. The second-order valence-corrected chi connectivity index (χ2v) is 11.6. The summed E-state index contributed by atoms with van der Waals surface area (Å²) < 4.78 is 34.9. The standard InChI is InChI=1S/C30H33FN4O6.ClH/c1-16-28-22(14-40-15-41-28)18(9-32-16)11-33-7-3-4-17-10-34(13-24(17)33)26-23(31)8-20-25(29(26)39-2)35(19-5-6-19)12-21(27(20)36)30(37)38;/h8-9,12,17,19,24H,3-7,10-11,13-15H2,1-2H3,(H,37,38);1H. The zero-order valence-corrected chi connectivity index (χ0v) is 24.4. The van der Waals surface area contributed by atoms with Crippen molar-refractivity contribution in [3.63, 3.8) is 0 Å². The van der Waals surface area contributed by atoms with Gasteiger partial charge in [-0.3, -0.25) is 14.7 Å². The van der Waals surface area contributed by atoms with Crippen LogP contribution in [0.25, 0.3) is 10.9 Å². The van der Waals surface area contributed by atoms with Gasteiger partial charge in [0.1, 0.15) is 17.0 Å². The van der Waals surface area contributed by atoms with Crippen molar-refractivity contribution >= 4 is 35.0 Å². The van der Waals surface area contributed by atoms with Crippen molar-refractivity contribution in [1.82, 2.24) is 14.5 Å². The molecule has 7 rings (SSSR count). The van der Waals surface area contributed by atoms with Crippen LogP contribution in [0.15, 0.2) is 23.3 Å². The second kappa shape index (κ2) is 11.0. The maximum absolute atomic E-state index is 16.0. The summed E-state index contributed by atoms with van der Waals surface area (Å²) in [4.78, 5) is 34.0. The highest BCUT2D eigenvalue weighted by Gasteiger charge is 2.42. The fourth-order valence-electron chi connectivity index (χ4n) is 7.00. The van der Waals surface area contributed by atoms with E-state index < -0.39 is 17.2 Å². The van der Waals surface area contributed by atoms with Crippen LogP contribution in [-0.4, -0.2) is 65.1 Å². The summed E-state index contributed by atoms with van der Waals surface area (Å²) in [6, 6.07) is 1.46. The van der Waals surface area contributed by atoms with Gasteiger partial charge in [0.15, 0.2) is 18.4 Å². The van der Waals surface area contributed by atoms with Gasteiger partial charge in [0.05, 0.1) is 30.3 Å². The molecule has 42 heavy (non-hydrogen) atoms. The molecule has 224 valence electrons. The molecular formula is C30H34ClFN4O6. The molecular weight excluding hydrogens is 567 g/mol. The molecule has 2 aromatic heterocycles. The lowest BCUT2D eigenvalue weighted by atomic mass is 9.91. The fourth-order valence-corrected chi connectivity index (χ4v) is 7.00. The number of ether oxygens (including phenoxy) is 3. The molecule has 12 heteroatoms. The topological polar surface area (TPSA) is 106 Å². The molecule has 0 spiro atoms. The molecule has 3 aromatic rings. The molecule has 0 bridgehead atoms. The minimum absolute atomic E-state index is 0. The third-order valence-electron chi connectivity index (χ3n) is 9.10. The first-order chi connectivity index (χ1) is 19.9. The zero-order chi connectivity index (χ0) is 28.4. The molecule has 3 aliphatic heterocycles. The maximum Gasteiger partial charge on any atom is 0.341 e. The largest absolute Gasteiger partial charge is 0.492 e. The van der Waals surface area contributed by atoms with Gasteiger partial charge in [-0.1, -0.05) is 0 Å². The van der Waals surface area contributed by atoms with Crippen LogP contribution in [0.2, 0.25) is 0 Å². The first kappa shape index (κ1) is 28.7. The molecule has 2 atom stereocenters. The summed E-state index contributed by atoms with van der Waals surface area (Å²) in [5.74, 6) is -0.456. The van der Waals surface area contributed by atoms with Crippen molar-refractivity contribution in [2.75, 3.05) is 38.4 Å². The Labute approximate surface area is 248 Å². The number of aryl methyl sites for hydroxylation is 1. The first-order valence-corrected chi connectivity index (χ1v) is 14.2. The SMILES string of the molecule is COc1c(N2CC3CCCN(Cc4cnc(C)c5c4COCO5)C3C2)c(F)cc2c(=O)c(C(=O)O)cn(C3CC3)c12.Cl. The van der Waals surface area contributed by atoms with E-state index in [4.69, 9.17) is 14.2 Å². The molecule has 2 saturated heterocycles. The number of nitrogens with zero attached hydrogens (tertiary/aromatic N) is 4. The van der Waals surface area contributed by atoms with Crippen molar-refractivity contribution in [1.29, 1.82) is 0 Å². The average molecular weight is 601 g/mol. The number of hydrogen-bond donors (Lipinski definition) is 1. The number of aromatic nitrogens is 2. The van der Waals surface area contributed by atoms with E-state index in [0.717, 1.165) is 54.8 Å². The third kappa shape index (κ3) is 4.67. The second-order valence-electron chi connectivity index (χ2n) is 11.6. The summed E-state index contributed by atoms with van der Waals surface area (Å²) in [5, 5.41) is 9.67. The number of piperidine rings is 1. The number of pyridine rings is 2. The van der Waals surface area contributed by atoms with Crippen LogP contribution in [0.5, 0.6) is 11.5 Å². The number of carboxylic acids is 1. The van der Waals surface area contributed by atoms with Crippen LogP contribution in [0.3, 0.4) is 0 Å². The molecule has 3 fully saturated rings. The van der Waals surface area contributed by atoms with Gasteiger partial charge in [-0.15, -0.1) is 12.4 Å². The fraction of sp³-hybridized carbons (Fsp3) is 0.500. The van der Waals surface area contributed by atoms with Gasteiger partial charge in [-0.25, -0.2) is 9.18 Å². The lowest BCUT2D eigenvalue weighted by Gasteiger charge is -2.37. The van der Waals surface area contributed by atoms with Crippen LogP contribution < -0.4 is 19.8 Å². The van der Waals surface area contributed by atoms with Gasteiger partial charge in [-0.2, -0.15) is 0 Å². The number of methoxy groups -OCH3 is 1. The van der Waals surface area contributed by atoms with Gasteiger partial charge in [0.25, 0.3) is 0 Å². The van der Waals surface area contributed by atoms with E-state index in [-0.39, 0.29) is 48.0 Å². The van der Waals surface area contributed by atoms with E-state index in [2.05, 4.69) is 9.88 Å². The van der Waals surface area contributed by atoms with Crippen LogP contribution in [0.1, 0.15) is 58.9 Å². The highest BCUT2D eigenvalue weighted by Crippen LogP contribution is 2.46. The van der Waals surface area contributed by atoms with Gasteiger partial charge < -0.3 is 28.8 Å². The van der Waals surface area contributed by atoms with E-state index in [1.165, 1.54) is 19.4 Å². The van der Waals surface area contributed by atoms with Crippen molar-refractivity contribution in [3.8, 4) is 11.5 Å². The Bertz CT molecular complexity index is 1630. The van der Waals surface area contributed by atoms with Crippen LogP contribution in [0.4, 0.5) is 10.1 Å². The third-order valence-corrected chi connectivity index (χ3v) is 9.10. The van der Waals surface area contributed by atoms with Crippen molar-refractivity contribution < 1.29 is 28.5 Å². The van der Waals surface area contributed by atoms with Crippen LogP contribution >= 0.6 is 12.4 Å². The quantitative estimate of drug-likeness (QED) is 0.444. The molecule has 4 aliphatic rings. The van der Waals surface area contributed by atoms with E-state index in [1.54, 1.807) is 4.57 Å². The predicted molar refractivity (Wildman–Crippen MR) is 156 cm³/mol. The van der Waals surface area contributed by atoms with Gasteiger partial charge >= 0.3 is 5.97 Å². The molecule has 1 aliphatic carbocycles. The number of likely N-dealkylation sites (tertiary alicyclic amines) is 1. The summed E-state index contributed by atoms with van der Waals surface area (Å²) in [6.45, 7) is 5.57. The van der Waals surface area contributed by atoms with E-state index in [0.29, 0.717) is 43.4 Å². The van der Waals surface area contributed by atoms with Gasteiger partial charge in [-0.05, 0) is 56.7 Å². The molecule has 2 unspecified atom stereocenters. The normalized spacial score (nSPS) is 21.8. The summed E-state index contributed by atoms with van der Waals surface area (Å²) in [6.07, 6.45) is 7.12. The molecule has 10 nitrogen and oxygen atoms in total. The number of benzene rings is 1. The Morgan fingerprint density at radius 2 is 2.07 bits per heavy atom. The number of fused-ring (bicyclic) bond motifs is 3. The number of hydrogen-bond acceptors (Lipinski definition) is 8. The van der Waals surface area contributed by atoms with Crippen molar-refractivity contribution in [2.45, 2.75) is 57.8 Å². The number of aromatic carboxylic acids is 1. The van der Waals surface area contributed by atoms with E-state index >= 15 is 4.39 Å². The molecule has 1 aromatic carbocycles. The molecule has 5 heterocycles. The van der Waals surface area contributed by atoms with E-state index in [9.17, 15) is 14.7 Å². The molecule has 0 radical (unpaired) electrons. The highest BCUT2D eigenvalue weighted by atomic mass is 35.5. The number of carboxylic acid groups (broad SMARTS) is 1. The number of carbonyl (C=O) groups is 1. The molecule has 1 saturated carbocycles. The minimum atomic E-state index is -1.32. The maximum atomic E-state index is 16.0. The molecule has 0 amide bonds. The Balaban J connectivity index is 0.00000316. The van der Waals surface area contributed by atoms with E-state index in [1.807, 2.05) is 18.0 Å². The van der Waals surface area contributed by atoms with Crippen molar-refractivity contribution in [3.05, 3.63) is 56.9 Å². The Morgan fingerprint density at radius 1 is 1.26 bits per heavy atom. The number of anilines is 1. The van der Waals surface area contributed by atoms with Crippen molar-refractivity contribution in [2.24, 2.45) is 5.92 Å². The monoisotopic (exact) mass is 600 g/mol. The van der Waals surface area contributed by atoms with Gasteiger partial charge in [0.2, 0.25) is 5.43 Å². The van der Waals surface area contributed by atoms with Crippen LogP contribution in [-0.2, 0) is 17.9 Å². The predicted octanol–water partition coefficient (Wildman–Crippen LogP) is 4.27. The minimum Gasteiger partial charge on any atom is -0.492 e. The smallest absolute Gasteiger partial charge is 0.341 e. The molecule has 1 N–H and O–H groups in total. The lowest BCUT2D eigenvalue weighted by Crippen LogP contribution is -2.44. The van der Waals surface area contributed by atoms with Crippen LogP contribution in [0, 0.1) is 18.7 Å². The Hall–Kier alpha value is -3.41. The number of halogens is 2. The Kier molecular flexibility index (Phi) is 7.53. The average Bonchev–Trinajstić information content (AvgIpc) is 3.72. The summed E-state index contributed by atoms with van der Waals surface area (Å²) in [5.41, 5.74) is 2.73. The zero-order valence-electron chi connectivity index (χ0n) is 23.6. The summed E-state index contributed by atoms with van der Waals surface area (Å²) in [7, 11) is 1.48. The lowest BCUT2D eigenvalue weighted by molar-refractivity contribution is -0.0183. The summed E-state index contributed by atoms with van der Waals surface area (Å²) >= 11 is 0. The highest BCUT2D eigenvalue weighted by molar-refractivity contribution is 5.97. The van der Waals surface area contributed by atoms with Gasteiger partial charge in [0, 0.05) is 49.7 Å². The number of rotatable bonds is 6. The Morgan fingerprint density at radius 3 is 2.81 bits per heavy atom.